The minimum absolute atomic E-state index is 0.0943. The van der Waals surface area contributed by atoms with Gasteiger partial charge in [-0.2, -0.15) is 0 Å². The molecule has 2 rings (SSSR count). The number of rotatable bonds is 2. The molecule has 1 amide bonds. The summed E-state index contributed by atoms with van der Waals surface area (Å²) in [7, 11) is 0. The number of carbonyl (C=O) groups is 1. The van der Waals surface area contributed by atoms with Crippen LogP contribution in [0.3, 0.4) is 0 Å². The number of carbonyl (C=O) groups excluding carboxylic acids is 1. The molecular formula is C13H20N4O2. The molecule has 1 saturated heterocycles. The second-order valence-corrected chi connectivity index (χ2v) is 5.64. The number of alkyl carbamates (subject to hydrolysis) is 1. The van der Waals surface area contributed by atoms with Gasteiger partial charge < -0.3 is 15.0 Å². The summed E-state index contributed by atoms with van der Waals surface area (Å²) in [5.74, 6) is 0.844. The fourth-order valence-electron chi connectivity index (χ4n) is 2.01. The molecule has 0 bridgehead atoms. The van der Waals surface area contributed by atoms with Gasteiger partial charge in [0.15, 0.2) is 0 Å². The molecule has 1 aromatic rings. The molecule has 1 N–H and O–H groups in total. The second kappa shape index (κ2) is 5.42. The number of amides is 1. The maximum atomic E-state index is 11.7. The zero-order chi connectivity index (χ0) is 13.9. The lowest BCUT2D eigenvalue weighted by Crippen LogP contribution is -2.40. The van der Waals surface area contributed by atoms with Gasteiger partial charge in [-0.25, -0.2) is 9.78 Å². The SMILES string of the molecule is CC(C)(C)OC(=O)N[C@H]1CCN(c2cnccn2)C1. The van der Waals surface area contributed by atoms with Gasteiger partial charge in [0.05, 0.1) is 12.2 Å². The van der Waals surface area contributed by atoms with E-state index >= 15 is 0 Å². The van der Waals surface area contributed by atoms with Gasteiger partial charge in [0.2, 0.25) is 0 Å². The summed E-state index contributed by atoms with van der Waals surface area (Å²) in [6.07, 6.45) is 5.57. The molecule has 1 aliphatic rings. The maximum Gasteiger partial charge on any atom is 0.407 e. The normalized spacial score (nSPS) is 19.3. The van der Waals surface area contributed by atoms with Crippen LogP contribution in [0.4, 0.5) is 10.6 Å². The van der Waals surface area contributed by atoms with E-state index in [4.69, 9.17) is 4.74 Å². The van der Waals surface area contributed by atoms with Crippen molar-refractivity contribution in [3.63, 3.8) is 0 Å². The molecule has 0 unspecified atom stereocenters. The first-order chi connectivity index (χ1) is 8.94. The van der Waals surface area contributed by atoms with E-state index in [9.17, 15) is 4.79 Å². The van der Waals surface area contributed by atoms with Crippen molar-refractivity contribution in [3.05, 3.63) is 18.6 Å². The molecule has 0 aliphatic carbocycles. The Labute approximate surface area is 113 Å². The zero-order valence-electron chi connectivity index (χ0n) is 11.6. The first-order valence-electron chi connectivity index (χ1n) is 6.44. The fourth-order valence-corrected chi connectivity index (χ4v) is 2.01. The van der Waals surface area contributed by atoms with Gasteiger partial charge in [-0.1, -0.05) is 0 Å². The molecule has 0 spiro atoms. The average Bonchev–Trinajstić information content (AvgIpc) is 2.76. The zero-order valence-corrected chi connectivity index (χ0v) is 11.6. The first-order valence-corrected chi connectivity index (χ1v) is 6.44. The van der Waals surface area contributed by atoms with Crippen LogP contribution in [-0.2, 0) is 4.74 Å². The third kappa shape index (κ3) is 4.08. The Morgan fingerprint density at radius 2 is 2.26 bits per heavy atom. The van der Waals surface area contributed by atoms with E-state index in [-0.39, 0.29) is 12.1 Å². The van der Waals surface area contributed by atoms with E-state index < -0.39 is 5.60 Å². The highest BCUT2D eigenvalue weighted by molar-refractivity contribution is 5.68. The van der Waals surface area contributed by atoms with Gasteiger partial charge in [0, 0.05) is 25.5 Å². The Kier molecular flexibility index (Phi) is 3.87. The third-order valence-electron chi connectivity index (χ3n) is 2.78. The lowest BCUT2D eigenvalue weighted by atomic mass is 10.2. The van der Waals surface area contributed by atoms with Crippen LogP contribution in [0.5, 0.6) is 0 Å². The molecular weight excluding hydrogens is 244 g/mol. The Morgan fingerprint density at radius 1 is 1.47 bits per heavy atom. The highest BCUT2D eigenvalue weighted by atomic mass is 16.6. The Bertz CT molecular complexity index is 430. The Hall–Kier alpha value is -1.85. The van der Waals surface area contributed by atoms with Gasteiger partial charge >= 0.3 is 6.09 Å². The molecule has 19 heavy (non-hydrogen) atoms. The lowest BCUT2D eigenvalue weighted by Gasteiger charge is -2.22. The predicted molar refractivity (Wildman–Crippen MR) is 72.0 cm³/mol. The number of hydrogen-bond donors (Lipinski definition) is 1. The molecule has 1 aromatic heterocycles. The largest absolute Gasteiger partial charge is 0.444 e. The summed E-state index contributed by atoms with van der Waals surface area (Å²) >= 11 is 0. The van der Waals surface area contributed by atoms with Crippen LogP contribution in [-0.4, -0.2) is 40.8 Å². The predicted octanol–water partition coefficient (Wildman–Crippen LogP) is 1.58. The van der Waals surface area contributed by atoms with Crippen LogP contribution in [0.25, 0.3) is 0 Å². The van der Waals surface area contributed by atoms with Crippen LogP contribution in [0.1, 0.15) is 27.2 Å². The van der Waals surface area contributed by atoms with Crippen LogP contribution in [0.2, 0.25) is 0 Å². The van der Waals surface area contributed by atoms with Crippen LogP contribution >= 0.6 is 0 Å². The molecule has 0 radical (unpaired) electrons. The van der Waals surface area contributed by atoms with Gasteiger partial charge in [0.1, 0.15) is 11.4 Å². The summed E-state index contributed by atoms with van der Waals surface area (Å²) in [6.45, 7) is 7.16. The molecule has 1 fully saturated rings. The van der Waals surface area contributed by atoms with Crippen molar-refractivity contribution in [1.82, 2.24) is 15.3 Å². The van der Waals surface area contributed by atoms with E-state index in [1.54, 1.807) is 18.6 Å². The van der Waals surface area contributed by atoms with Crippen molar-refractivity contribution in [2.45, 2.75) is 38.8 Å². The van der Waals surface area contributed by atoms with E-state index in [1.807, 2.05) is 20.8 Å². The van der Waals surface area contributed by atoms with Crippen molar-refractivity contribution in [2.24, 2.45) is 0 Å². The highest BCUT2D eigenvalue weighted by Gasteiger charge is 2.26. The number of nitrogens with one attached hydrogen (secondary N) is 1. The molecule has 6 nitrogen and oxygen atoms in total. The number of aromatic nitrogens is 2. The molecule has 104 valence electrons. The van der Waals surface area contributed by atoms with Crippen LogP contribution < -0.4 is 10.2 Å². The standard InChI is InChI=1S/C13H20N4O2/c1-13(2,3)19-12(18)16-10-4-7-17(9-10)11-8-14-5-6-15-11/h5-6,8,10H,4,7,9H2,1-3H3,(H,16,18)/t10-/m0/s1. The Balaban J connectivity index is 1.84. The van der Waals surface area contributed by atoms with Gasteiger partial charge in [-0.15, -0.1) is 0 Å². The molecule has 1 aliphatic heterocycles. The highest BCUT2D eigenvalue weighted by Crippen LogP contribution is 2.17. The number of nitrogens with zero attached hydrogens (tertiary/aromatic N) is 3. The van der Waals surface area contributed by atoms with E-state index in [1.165, 1.54) is 0 Å². The molecule has 1 atom stereocenters. The monoisotopic (exact) mass is 264 g/mol. The summed E-state index contributed by atoms with van der Waals surface area (Å²) in [4.78, 5) is 22.1. The van der Waals surface area contributed by atoms with E-state index in [0.29, 0.717) is 0 Å². The minimum atomic E-state index is -0.465. The molecule has 6 heteroatoms. The summed E-state index contributed by atoms with van der Waals surface area (Å²) in [6, 6.07) is 0.0943. The average molecular weight is 264 g/mol. The molecule has 0 aromatic carbocycles. The topological polar surface area (TPSA) is 67.3 Å². The smallest absolute Gasteiger partial charge is 0.407 e. The summed E-state index contributed by atoms with van der Waals surface area (Å²) < 4.78 is 5.24. The minimum Gasteiger partial charge on any atom is -0.444 e. The van der Waals surface area contributed by atoms with Gasteiger partial charge in [-0.3, -0.25) is 4.98 Å². The van der Waals surface area contributed by atoms with Gasteiger partial charge in [-0.05, 0) is 27.2 Å². The third-order valence-corrected chi connectivity index (χ3v) is 2.78. The number of anilines is 1. The van der Waals surface area contributed by atoms with Crippen molar-refractivity contribution in [3.8, 4) is 0 Å². The molecule has 0 saturated carbocycles. The maximum absolute atomic E-state index is 11.7. The fraction of sp³-hybridized carbons (Fsp3) is 0.615. The van der Waals surface area contributed by atoms with Crippen molar-refractivity contribution in [2.75, 3.05) is 18.0 Å². The van der Waals surface area contributed by atoms with Crippen molar-refractivity contribution >= 4 is 11.9 Å². The Morgan fingerprint density at radius 3 is 2.89 bits per heavy atom. The van der Waals surface area contributed by atoms with Crippen LogP contribution in [0, 0.1) is 0 Å². The van der Waals surface area contributed by atoms with Crippen molar-refractivity contribution in [1.29, 1.82) is 0 Å². The molecule has 2 heterocycles. The van der Waals surface area contributed by atoms with Crippen LogP contribution in [0.15, 0.2) is 18.6 Å². The van der Waals surface area contributed by atoms with E-state index in [2.05, 4.69) is 20.2 Å². The van der Waals surface area contributed by atoms with Crippen molar-refractivity contribution < 1.29 is 9.53 Å². The number of hydrogen-bond acceptors (Lipinski definition) is 5. The lowest BCUT2D eigenvalue weighted by molar-refractivity contribution is 0.0509. The van der Waals surface area contributed by atoms with Gasteiger partial charge in [0.25, 0.3) is 0 Å². The second-order valence-electron chi connectivity index (χ2n) is 5.64. The summed E-state index contributed by atoms with van der Waals surface area (Å²) in [5.41, 5.74) is -0.465. The first kappa shape index (κ1) is 13.6. The summed E-state index contributed by atoms with van der Waals surface area (Å²) in [5, 5.41) is 2.88. The number of ether oxygens (including phenoxy) is 1. The van der Waals surface area contributed by atoms with E-state index in [0.717, 1.165) is 25.3 Å². The quantitative estimate of drug-likeness (QED) is 0.878.